The van der Waals surface area contributed by atoms with Crippen LogP contribution in [-0.4, -0.2) is 54.8 Å². The summed E-state index contributed by atoms with van der Waals surface area (Å²) < 4.78 is 15.7. The summed E-state index contributed by atoms with van der Waals surface area (Å²) in [7, 11) is 0. The van der Waals surface area contributed by atoms with Crippen LogP contribution in [0.1, 0.15) is 21.8 Å². The maximum absolute atomic E-state index is 12.3. The van der Waals surface area contributed by atoms with Crippen LogP contribution in [0.15, 0.2) is 28.8 Å². The second kappa shape index (κ2) is 8.01. The highest BCUT2D eigenvalue weighted by Crippen LogP contribution is 2.19. The lowest BCUT2D eigenvalue weighted by Gasteiger charge is -2.26. The van der Waals surface area contributed by atoms with E-state index in [0.717, 1.165) is 0 Å². The second-order valence-corrected chi connectivity index (χ2v) is 5.96. The van der Waals surface area contributed by atoms with Crippen molar-refractivity contribution in [1.82, 2.24) is 10.1 Å². The van der Waals surface area contributed by atoms with Crippen LogP contribution in [0.25, 0.3) is 0 Å². The summed E-state index contributed by atoms with van der Waals surface area (Å²) in [5.41, 5.74) is 1.59. The first-order valence-corrected chi connectivity index (χ1v) is 8.37. The standard InChI is InChI=1S/C18H21N3O5/c1-12-17(13(2)26-20-12)18(23)19-14-3-5-15(6-4-14)25-11-16(22)21-7-9-24-10-8-21/h3-6H,7-11H2,1-2H3,(H,19,23). The van der Waals surface area contributed by atoms with Crippen LogP contribution in [0, 0.1) is 13.8 Å². The lowest BCUT2D eigenvalue weighted by atomic mass is 10.2. The summed E-state index contributed by atoms with van der Waals surface area (Å²) in [5.74, 6) is 0.685. The van der Waals surface area contributed by atoms with Crippen molar-refractivity contribution in [2.45, 2.75) is 13.8 Å². The number of hydrogen-bond acceptors (Lipinski definition) is 6. The molecule has 1 aliphatic rings. The fourth-order valence-corrected chi connectivity index (χ4v) is 2.68. The van der Waals surface area contributed by atoms with E-state index >= 15 is 0 Å². The van der Waals surface area contributed by atoms with E-state index in [9.17, 15) is 9.59 Å². The molecule has 1 saturated heterocycles. The number of anilines is 1. The minimum absolute atomic E-state index is 0.0230. The van der Waals surface area contributed by atoms with E-state index in [1.165, 1.54) is 0 Å². The summed E-state index contributed by atoms with van der Waals surface area (Å²) >= 11 is 0. The van der Waals surface area contributed by atoms with Gasteiger partial charge >= 0.3 is 0 Å². The highest BCUT2D eigenvalue weighted by Gasteiger charge is 2.18. The van der Waals surface area contributed by atoms with Gasteiger partial charge in [-0.25, -0.2) is 0 Å². The Morgan fingerprint density at radius 1 is 1.19 bits per heavy atom. The van der Waals surface area contributed by atoms with Gasteiger partial charge < -0.3 is 24.2 Å². The number of nitrogens with one attached hydrogen (secondary N) is 1. The normalized spacial score (nSPS) is 14.2. The summed E-state index contributed by atoms with van der Waals surface area (Å²) in [6.07, 6.45) is 0. The third kappa shape index (κ3) is 4.20. The number of carbonyl (C=O) groups excluding carboxylic acids is 2. The molecule has 0 radical (unpaired) electrons. The van der Waals surface area contributed by atoms with E-state index in [1.54, 1.807) is 43.0 Å². The van der Waals surface area contributed by atoms with Crippen molar-refractivity contribution in [2.24, 2.45) is 0 Å². The number of morpholine rings is 1. The fourth-order valence-electron chi connectivity index (χ4n) is 2.68. The number of carbonyl (C=O) groups is 2. The van der Waals surface area contributed by atoms with Gasteiger partial charge in [-0.1, -0.05) is 5.16 Å². The Morgan fingerprint density at radius 3 is 2.50 bits per heavy atom. The number of amides is 2. The van der Waals surface area contributed by atoms with E-state index in [2.05, 4.69) is 10.5 Å². The second-order valence-electron chi connectivity index (χ2n) is 5.96. The molecular weight excluding hydrogens is 338 g/mol. The molecule has 0 unspecified atom stereocenters. The maximum Gasteiger partial charge on any atom is 0.261 e. The molecule has 8 heteroatoms. The minimum atomic E-state index is -0.280. The number of rotatable bonds is 5. The Kier molecular flexibility index (Phi) is 5.52. The van der Waals surface area contributed by atoms with Crippen LogP contribution in [0.4, 0.5) is 5.69 Å². The highest BCUT2D eigenvalue weighted by molar-refractivity contribution is 6.05. The molecule has 0 bridgehead atoms. The van der Waals surface area contributed by atoms with Gasteiger partial charge in [0.2, 0.25) is 0 Å². The Morgan fingerprint density at radius 2 is 1.88 bits per heavy atom. The lowest BCUT2D eigenvalue weighted by molar-refractivity contribution is -0.137. The first-order chi connectivity index (χ1) is 12.5. The number of ether oxygens (including phenoxy) is 2. The van der Waals surface area contributed by atoms with Crippen LogP contribution in [-0.2, 0) is 9.53 Å². The number of aromatic nitrogens is 1. The van der Waals surface area contributed by atoms with Gasteiger partial charge in [0.25, 0.3) is 11.8 Å². The molecule has 1 aromatic carbocycles. The molecule has 1 aromatic heterocycles. The summed E-state index contributed by atoms with van der Waals surface area (Å²) in [4.78, 5) is 26.1. The van der Waals surface area contributed by atoms with Gasteiger partial charge in [-0.2, -0.15) is 0 Å². The molecule has 2 heterocycles. The topological polar surface area (TPSA) is 93.9 Å². The van der Waals surface area contributed by atoms with Crippen LogP contribution in [0.3, 0.4) is 0 Å². The van der Waals surface area contributed by atoms with Gasteiger partial charge in [0, 0.05) is 18.8 Å². The van der Waals surface area contributed by atoms with E-state index in [0.29, 0.717) is 54.8 Å². The van der Waals surface area contributed by atoms with Crippen molar-refractivity contribution in [3.63, 3.8) is 0 Å². The van der Waals surface area contributed by atoms with Gasteiger partial charge in [-0.05, 0) is 38.1 Å². The third-order valence-corrected chi connectivity index (χ3v) is 4.10. The van der Waals surface area contributed by atoms with Crippen molar-refractivity contribution in [1.29, 1.82) is 0 Å². The van der Waals surface area contributed by atoms with Gasteiger partial charge in [-0.3, -0.25) is 9.59 Å². The predicted octanol–water partition coefficient (Wildman–Crippen LogP) is 1.78. The molecule has 2 amide bonds. The average molecular weight is 359 g/mol. The van der Waals surface area contributed by atoms with Crippen LogP contribution < -0.4 is 10.1 Å². The minimum Gasteiger partial charge on any atom is -0.484 e. The zero-order chi connectivity index (χ0) is 18.5. The number of benzene rings is 1. The molecule has 3 rings (SSSR count). The molecule has 0 spiro atoms. The molecule has 26 heavy (non-hydrogen) atoms. The SMILES string of the molecule is Cc1noc(C)c1C(=O)Nc1ccc(OCC(=O)N2CCOCC2)cc1. The van der Waals surface area contributed by atoms with Crippen molar-refractivity contribution >= 4 is 17.5 Å². The molecule has 0 aliphatic carbocycles. The van der Waals surface area contributed by atoms with Gasteiger partial charge in [0.15, 0.2) is 6.61 Å². The first-order valence-electron chi connectivity index (χ1n) is 8.37. The van der Waals surface area contributed by atoms with Gasteiger partial charge in [0.1, 0.15) is 17.1 Å². The zero-order valence-corrected chi connectivity index (χ0v) is 14.8. The Hall–Kier alpha value is -2.87. The Labute approximate surface area is 151 Å². The van der Waals surface area contributed by atoms with E-state index in [4.69, 9.17) is 14.0 Å². The largest absolute Gasteiger partial charge is 0.484 e. The monoisotopic (exact) mass is 359 g/mol. The van der Waals surface area contributed by atoms with Crippen LogP contribution in [0.2, 0.25) is 0 Å². The van der Waals surface area contributed by atoms with Gasteiger partial charge in [-0.15, -0.1) is 0 Å². The smallest absolute Gasteiger partial charge is 0.261 e. The predicted molar refractivity (Wildman–Crippen MR) is 93.3 cm³/mol. The first kappa shape index (κ1) is 17.9. The number of hydrogen-bond donors (Lipinski definition) is 1. The number of nitrogens with zero attached hydrogens (tertiary/aromatic N) is 2. The molecule has 1 N–H and O–H groups in total. The quantitative estimate of drug-likeness (QED) is 0.875. The summed E-state index contributed by atoms with van der Waals surface area (Å²) in [5, 5.41) is 6.56. The van der Waals surface area contributed by atoms with Crippen molar-refractivity contribution in [2.75, 3.05) is 38.2 Å². The van der Waals surface area contributed by atoms with Crippen molar-refractivity contribution in [3.8, 4) is 5.75 Å². The maximum atomic E-state index is 12.3. The van der Waals surface area contributed by atoms with E-state index in [-0.39, 0.29) is 18.4 Å². The molecule has 138 valence electrons. The van der Waals surface area contributed by atoms with Crippen molar-refractivity contribution < 1.29 is 23.6 Å². The Balaban J connectivity index is 1.53. The molecule has 0 atom stereocenters. The van der Waals surface area contributed by atoms with Crippen LogP contribution >= 0.6 is 0 Å². The summed E-state index contributed by atoms with van der Waals surface area (Å²) in [6, 6.07) is 6.83. The van der Waals surface area contributed by atoms with Gasteiger partial charge in [0.05, 0.1) is 18.9 Å². The molecule has 1 fully saturated rings. The molecule has 0 saturated carbocycles. The average Bonchev–Trinajstić information content (AvgIpc) is 3.00. The molecule has 2 aromatic rings. The summed E-state index contributed by atoms with van der Waals surface area (Å²) in [6.45, 7) is 5.69. The van der Waals surface area contributed by atoms with E-state index < -0.39 is 0 Å². The fraction of sp³-hybridized carbons (Fsp3) is 0.389. The van der Waals surface area contributed by atoms with E-state index in [1.807, 2.05) is 0 Å². The van der Waals surface area contributed by atoms with Crippen molar-refractivity contribution in [3.05, 3.63) is 41.3 Å². The lowest BCUT2D eigenvalue weighted by Crippen LogP contribution is -2.42. The molecular formula is C18H21N3O5. The molecule has 8 nitrogen and oxygen atoms in total. The number of aryl methyl sites for hydroxylation is 2. The third-order valence-electron chi connectivity index (χ3n) is 4.10. The zero-order valence-electron chi connectivity index (χ0n) is 14.8. The highest BCUT2D eigenvalue weighted by atomic mass is 16.5. The molecule has 1 aliphatic heterocycles. The van der Waals surface area contributed by atoms with Crippen LogP contribution in [0.5, 0.6) is 5.75 Å². The Bertz CT molecular complexity index is 759.